The molecule has 2 amide bonds. The molecule has 0 bridgehead atoms. The first kappa shape index (κ1) is 31.6. The predicted molar refractivity (Wildman–Crippen MR) is 164 cm³/mol. The molecule has 13 nitrogen and oxygen atoms in total. The number of nitrogens with two attached hydrogens (primary N) is 2. The highest BCUT2D eigenvalue weighted by Crippen LogP contribution is 2.32. The maximum Gasteiger partial charge on any atom is 0.407 e. The Morgan fingerprint density at radius 3 is 2.66 bits per heavy atom. The Labute approximate surface area is 257 Å². The molecule has 1 aromatic carbocycles. The van der Waals surface area contributed by atoms with Crippen molar-refractivity contribution in [3.63, 3.8) is 0 Å². The molecule has 2 aromatic rings. The summed E-state index contributed by atoms with van der Waals surface area (Å²) in [6, 6.07) is 7.06. The smallest absolute Gasteiger partial charge is 0.407 e. The molecule has 6 N–H and O–H groups in total. The van der Waals surface area contributed by atoms with Gasteiger partial charge in [-0.05, 0) is 49.5 Å². The van der Waals surface area contributed by atoms with Gasteiger partial charge in [0, 0.05) is 49.0 Å². The quantitative estimate of drug-likeness (QED) is 0.198. The Hall–Kier alpha value is -3.85. The Kier molecular flexibility index (Phi) is 9.93. The van der Waals surface area contributed by atoms with Gasteiger partial charge in [-0.25, -0.2) is 19.2 Å². The number of carbonyl (C=O) groups is 2. The van der Waals surface area contributed by atoms with E-state index in [0.717, 1.165) is 19.3 Å². The van der Waals surface area contributed by atoms with Gasteiger partial charge in [-0.2, -0.15) is 8.42 Å². The summed E-state index contributed by atoms with van der Waals surface area (Å²) in [5.74, 6) is 0.118. The van der Waals surface area contributed by atoms with E-state index in [2.05, 4.69) is 15.3 Å². The summed E-state index contributed by atoms with van der Waals surface area (Å²) in [5, 5.41) is 3.93. The van der Waals surface area contributed by atoms with Crippen LogP contribution < -0.4 is 21.1 Å². The predicted octanol–water partition coefficient (Wildman–Crippen LogP) is 1.14. The number of hydrogen-bond donors (Lipinski definition) is 4. The standard InChI is InChI=1S/C30H39N7O6S/c1-2-9-37(42-10-8-34-30(39)43-25-4-3-5-25)29(38)23-11-22-7-6-21(13-27(22)35-28(32)14-23)24-12-26(17-33-16-24)44(40,41)36-18-20(15-31)19-36/h6-7,11-13,16-17,20,25H,2-5,8-10,14-15,18-19,31H2,1H3,(H2,32,35)(H,34,39)/p+1. The molecule has 1 aromatic heterocycles. The summed E-state index contributed by atoms with van der Waals surface area (Å²) >= 11 is 0. The average Bonchev–Trinajstić information content (AvgIpc) is 3.13. The van der Waals surface area contributed by atoms with E-state index in [0.29, 0.717) is 64.9 Å². The first-order chi connectivity index (χ1) is 21.2. The van der Waals surface area contributed by atoms with Gasteiger partial charge < -0.3 is 21.5 Å². The number of amidine groups is 1. The van der Waals surface area contributed by atoms with E-state index in [1.54, 1.807) is 24.4 Å². The van der Waals surface area contributed by atoms with Crippen LogP contribution in [-0.4, -0.2) is 81.7 Å². The molecule has 0 atom stereocenters. The van der Waals surface area contributed by atoms with Crippen LogP contribution in [0.5, 0.6) is 0 Å². The van der Waals surface area contributed by atoms with Gasteiger partial charge in [0.1, 0.15) is 29.9 Å². The number of ether oxygens (including phenoxy) is 1. The number of benzene rings is 1. The molecule has 0 radical (unpaired) electrons. The number of alkyl carbamates (subject to hydrolysis) is 1. The van der Waals surface area contributed by atoms with E-state index in [-0.39, 0.29) is 48.2 Å². The second kappa shape index (κ2) is 13.8. The molecule has 1 aliphatic carbocycles. The van der Waals surface area contributed by atoms with E-state index in [1.807, 2.05) is 19.1 Å². The lowest BCUT2D eigenvalue weighted by Gasteiger charge is -2.33. The third-order valence-corrected chi connectivity index (χ3v) is 9.91. The molecule has 14 heteroatoms. The third kappa shape index (κ3) is 7.26. The van der Waals surface area contributed by atoms with Crippen molar-refractivity contribution in [1.29, 1.82) is 0 Å². The molecule has 1 saturated carbocycles. The molecule has 0 spiro atoms. The van der Waals surface area contributed by atoms with Crippen molar-refractivity contribution in [2.45, 2.75) is 50.0 Å². The number of aromatic nitrogens is 1. The van der Waals surface area contributed by atoms with E-state index in [9.17, 15) is 18.0 Å². The van der Waals surface area contributed by atoms with Crippen LogP contribution in [0.4, 0.5) is 10.5 Å². The second-order valence-electron chi connectivity index (χ2n) is 11.3. The van der Waals surface area contributed by atoms with Crippen LogP contribution in [0.25, 0.3) is 17.2 Å². The molecule has 0 unspecified atom stereocenters. The second-order valence-corrected chi connectivity index (χ2v) is 13.4. The zero-order valence-electron chi connectivity index (χ0n) is 24.8. The number of quaternary nitrogens is 1. The first-order valence-electron chi connectivity index (χ1n) is 15.0. The number of sulfonamides is 1. The van der Waals surface area contributed by atoms with Gasteiger partial charge in [0.2, 0.25) is 0 Å². The fourth-order valence-electron chi connectivity index (χ4n) is 5.15. The summed E-state index contributed by atoms with van der Waals surface area (Å²) < 4.78 is 32.0. The van der Waals surface area contributed by atoms with Crippen molar-refractivity contribution in [3.05, 3.63) is 47.8 Å². The van der Waals surface area contributed by atoms with Crippen LogP contribution >= 0.6 is 0 Å². The Bertz CT molecular complexity index is 1550. The fourth-order valence-corrected chi connectivity index (χ4v) is 6.87. The van der Waals surface area contributed by atoms with E-state index in [1.165, 1.54) is 11.3 Å². The topological polar surface area (TPSA) is 184 Å². The van der Waals surface area contributed by atoms with E-state index < -0.39 is 16.1 Å². The monoisotopic (exact) mass is 626 g/mol. The summed E-state index contributed by atoms with van der Waals surface area (Å²) in [5.41, 5.74) is 14.9. The number of hydrogen-bond acceptors (Lipinski definition) is 10. The van der Waals surface area contributed by atoms with Crippen molar-refractivity contribution in [1.82, 2.24) is 15.4 Å². The Morgan fingerprint density at radius 1 is 1.16 bits per heavy atom. The van der Waals surface area contributed by atoms with Crippen LogP contribution in [0.3, 0.4) is 0 Å². The number of pyridine rings is 1. The van der Waals surface area contributed by atoms with Crippen LogP contribution in [0.2, 0.25) is 0 Å². The molecular weight excluding hydrogens is 586 g/mol. The van der Waals surface area contributed by atoms with E-state index >= 15 is 0 Å². The largest absolute Gasteiger partial charge is 0.446 e. The lowest BCUT2D eigenvalue weighted by molar-refractivity contribution is -0.826. The highest BCUT2D eigenvalue weighted by atomic mass is 32.2. The molecule has 44 heavy (non-hydrogen) atoms. The van der Waals surface area contributed by atoms with Gasteiger partial charge in [0.15, 0.2) is 0 Å². The maximum atomic E-state index is 13.5. The zero-order valence-corrected chi connectivity index (χ0v) is 25.6. The van der Waals surface area contributed by atoms with Crippen LogP contribution in [-0.2, 0) is 24.4 Å². The fraction of sp³-hybridized carbons (Fsp3) is 0.467. The minimum absolute atomic E-state index is 0.0126. The molecule has 2 aliphatic heterocycles. The molecule has 5 rings (SSSR count). The van der Waals surface area contributed by atoms with Crippen LogP contribution in [0.15, 0.2) is 52.1 Å². The Balaban J connectivity index is 1.28. The summed E-state index contributed by atoms with van der Waals surface area (Å²) in [4.78, 5) is 40.0. The van der Waals surface area contributed by atoms with Crippen molar-refractivity contribution in [2.75, 3.05) is 39.3 Å². The minimum atomic E-state index is -3.59. The van der Waals surface area contributed by atoms with Gasteiger partial charge in [0.05, 0.1) is 24.4 Å². The normalized spacial score (nSPS) is 19.8. The van der Waals surface area contributed by atoms with E-state index in [4.69, 9.17) is 21.0 Å². The maximum absolute atomic E-state index is 13.5. The molecule has 3 heterocycles. The average molecular weight is 627 g/mol. The van der Waals surface area contributed by atoms with Crippen molar-refractivity contribution in [3.8, 4) is 11.1 Å². The molecular formula is C30H40N7O6S+. The van der Waals surface area contributed by atoms with Gasteiger partial charge >= 0.3 is 16.1 Å². The number of nitrogens with one attached hydrogen (secondary N) is 2. The van der Waals surface area contributed by atoms with Gasteiger partial charge in [-0.15, -0.1) is 0 Å². The number of hydroxylamine groups is 2. The summed E-state index contributed by atoms with van der Waals surface area (Å²) in [6.07, 6.45) is 7.84. The SMILES string of the molecule is CCCN(OCCNC(=O)OC1CCC1)C(=O)C1=Cc2ccc(-c3cncc(S(=O)(=O)[NH+]4CC(CN)C4)c3)cc2N=C(N)C1. The van der Waals surface area contributed by atoms with Gasteiger partial charge in [-0.3, -0.25) is 14.6 Å². The van der Waals surface area contributed by atoms with Crippen molar-refractivity contribution < 1.29 is 31.9 Å². The lowest BCUT2D eigenvalue weighted by Crippen LogP contribution is -3.21. The highest BCUT2D eigenvalue weighted by molar-refractivity contribution is 7.85. The Morgan fingerprint density at radius 2 is 1.95 bits per heavy atom. The number of rotatable bonds is 12. The number of amides is 2. The number of nitrogens with zero attached hydrogens (tertiary/aromatic N) is 3. The van der Waals surface area contributed by atoms with Gasteiger partial charge in [0.25, 0.3) is 5.91 Å². The molecule has 236 valence electrons. The minimum Gasteiger partial charge on any atom is -0.446 e. The third-order valence-electron chi connectivity index (χ3n) is 7.97. The number of aliphatic imine (C=N–C) groups is 1. The van der Waals surface area contributed by atoms with Crippen molar-refractivity contribution >= 4 is 39.6 Å². The lowest BCUT2D eigenvalue weighted by atomic mass is 9.96. The number of fused-ring (bicyclic) bond motifs is 1. The first-order valence-corrected chi connectivity index (χ1v) is 16.5. The van der Waals surface area contributed by atoms with Crippen molar-refractivity contribution in [2.24, 2.45) is 22.4 Å². The highest BCUT2D eigenvalue weighted by Gasteiger charge is 2.41. The van der Waals surface area contributed by atoms with Crippen LogP contribution in [0, 0.1) is 5.92 Å². The zero-order chi connectivity index (χ0) is 31.3. The molecule has 3 aliphatic rings. The summed E-state index contributed by atoms with van der Waals surface area (Å²) in [6.45, 7) is 4.01. The molecule has 2 fully saturated rings. The van der Waals surface area contributed by atoms with Gasteiger partial charge in [-0.1, -0.05) is 19.1 Å². The summed E-state index contributed by atoms with van der Waals surface area (Å²) in [7, 11) is -3.59. The molecule has 1 saturated heterocycles. The van der Waals surface area contributed by atoms with Crippen LogP contribution in [0.1, 0.15) is 44.6 Å². The number of carbonyl (C=O) groups excluding carboxylic acids is 2.